The van der Waals surface area contributed by atoms with Gasteiger partial charge in [0.2, 0.25) is 0 Å². The van der Waals surface area contributed by atoms with E-state index in [1.165, 1.54) is 22.3 Å². The van der Waals surface area contributed by atoms with E-state index in [-0.39, 0.29) is 0 Å². The highest BCUT2D eigenvalue weighted by Crippen LogP contribution is 2.16. The van der Waals surface area contributed by atoms with Gasteiger partial charge in [0.1, 0.15) is 0 Å². The summed E-state index contributed by atoms with van der Waals surface area (Å²) < 4.78 is 0. The minimum atomic E-state index is 0.914. The fraction of sp³-hybridized carbons (Fsp3) is 0.250. The van der Waals surface area contributed by atoms with E-state index in [1.54, 1.807) is 0 Å². The summed E-state index contributed by atoms with van der Waals surface area (Å²) in [5.74, 6) is 0. The minimum absolute atomic E-state index is 0.914. The fourth-order valence-corrected chi connectivity index (χ4v) is 1.98. The number of anilines is 1. The molecular weight excluding hydrogens is 206 g/mol. The van der Waals surface area contributed by atoms with Crippen molar-refractivity contribution < 1.29 is 0 Å². The summed E-state index contributed by atoms with van der Waals surface area (Å²) in [6.45, 7) is 4.18. The van der Waals surface area contributed by atoms with Crippen LogP contribution in [0.5, 0.6) is 0 Å². The average molecular weight is 225 g/mol. The molecule has 0 spiro atoms. The summed E-state index contributed by atoms with van der Waals surface area (Å²) in [6.07, 6.45) is 2.06. The molecule has 0 amide bonds. The third kappa shape index (κ3) is 3.10. The van der Waals surface area contributed by atoms with Gasteiger partial charge in [-0.1, -0.05) is 42.0 Å². The summed E-state index contributed by atoms with van der Waals surface area (Å²) in [4.78, 5) is 0. The molecule has 2 rings (SSSR count). The van der Waals surface area contributed by atoms with Crippen LogP contribution in [0.1, 0.15) is 22.3 Å². The van der Waals surface area contributed by atoms with Gasteiger partial charge in [-0.2, -0.15) is 0 Å². The van der Waals surface area contributed by atoms with Crippen LogP contribution in [0.15, 0.2) is 42.5 Å². The molecule has 0 saturated carbocycles. The second-order valence-corrected chi connectivity index (χ2v) is 4.69. The summed E-state index contributed by atoms with van der Waals surface area (Å²) in [6, 6.07) is 15.0. The first-order chi connectivity index (χ1) is 8.15. The molecule has 0 radical (unpaired) electrons. The standard InChI is InChI=1S/C16H19N/c1-12-3-6-14(7-4-12)8-10-15-9-5-13(2)11-16(15)17/h3-7,9,11H,8,10,17H2,1-2H3. The average Bonchev–Trinajstić information content (AvgIpc) is 2.30. The van der Waals surface area contributed by atoms with E-state index in [0.29, 0.717) is 0 Å². The van der Waals surface area contributed by atoms with Crippen LogP contribution in [-0.2, 0) is 12.8 Å². The Bertz CT molecular complexity index is 497. The first-order valence-corrected chi connectivity index (χ1v) is 6.06. The second kappa shape index (κ2) is 5.05. The van der Waals surface area contributed by atoms with Crippen molar-refractivity contribution in [2.75, 3.05) is 5.73 Å². The highest BCUT2D eigenvalue weighted by Gasteiger charge is 2.00. The van der Waals surface area contributed by atoms with Crippen LogP contribution >= 0.6 is 0 Å². The summed E-state index contributed by atoms with van der Waals surface area (Å²) in [5.41, 5.74) is 12.1. The van der Waals surface area contributed by atoms with Crippen LogP contribution in [-0.4, -0.2) is 0 Å². The molecule has 2 aromatic carbocycles. The lowest BCUT2D eigenvalue weighted by Gasteiger charge is -2.07. The number of aryl methyl sites for hydroxylation is 4. The van der Waals surface area contributed by atoms with Crippen LogP contribution in [0.4, 0.5) is 5.69 Å². The lowest BCUT2D eigenvalue weighted by molar-refractivity contribution is 0.961. The van der Waals surface area contributed by atoms with Gasteiger partial charge in [0, 0.05) is 5.69 Å². The zero-order chi connectivity index (χ0) is 12.3. The number of benzene rings is 2. The maximum absolute atomic E-state index is 6.01. The monoisotopic (exact) mass is 225 g/mol. The predicted octanol–water partition coefficient (Wildman–Crippen LogP) is 3.67. The van der Waals surface area contributed by atoms with Gasteiger partial charge in [0.25, 0.3) is 0 Å². The van der Waals surface area contributed by atoms with Crippen molar-refractivity contribution in [3.8, 4) is 0 Å². The molecule has 0 atom stereocenters. The summed E-state index contributed by atoms with van der Waals surface area (Å²) in [7, 11) is 0. The van der Waals surface area contributed by atoms with E-state index < -0.39 is 0 Å². The van der Waals surface area contributed by atoms with Gasteiger partial charge in [0.05, 0.1) is 0 Å². The number of nitrogens with two attached hydrogens (primary N) is 1. The Labute approximate surface area is 103 Å². The molecule has 0 heterocycles. The normalized spacial score (nSPS) is 10.5. The van der Waals surface area contributed by atoms with Crippen molar-refractivity contribution in [1.82, 2.24) is 0 Å². The Balaban J connectivity index is 2.04. The van der Waals surface area contributed by atoms with Crippen LogP contribution < -0.4 is 5.73 Å². The van der Waals surface area contributed by atoms with Crippen LogP contribution in [0.25, 0.3) is 0 Å². The molecule has 17 heavy (non-hydrogen) atoms. The van der Waals surface area contributed by atoms with Gasteiger partial charge in [0.15, 0.2) is 0 Å². The largest absolute Gasteiger partial charge is 0.398 e. The summed E-state index contributed by atoms with van der Waals surface area (Å²) >= 11 is 0. The Hall–Kier alpha value is -1.76. The molecule has 1 nitrogen and oxygen atoms in total. The minimum Gasteiger partial charge on any atom is -0.398 e. The quantitative estimate of drug-likeness (QED) is 0.792. The lowest BCUT2D eigenvalue weighted by Crippen LogP contribution is -1.97. The first kappa shape index (κ1) is 11.7. The Morgan fingerprint density at radius 2 is 1.47 bits per heavy atom. The van der Waals surface area contributed by atoms with Gasteiger partial charge >= 0.3 is 0 Å². The Kier molecular flexibility index (Phi) is 3.48. The number of nitrogen functional groups attached to an aromatic ring is 1. The number of hydrogen-bond acceptors (Lipinski definition) is 1. The van der Waals surface area contributed by atoms with E-state index in [9.17, 15) is 0 Å². The number of hydrogen-bond donors (Lipinski definition) is 1. The van der Waals surface area contributed by atoms with Gasteiger partial charge in [-0.15, -0.1) is 0 Å². The molecule has 0 unspecified atom stereocenters. The van der Waals surface area contributed by atoms with E-state index in [4.69, 9.17) is 5.73 Å². The Morgan fingerprint density at radius 3 is 2.12 bits per heavy atom. The van der Waals surface area contributed by atoms with Crippen LogP contribution in [0, 0.1) is 13.8 Å². The molecule has 0 aliphatic carbocycles. The molecule has 0 aromatic heterocycles. The third-order valence-electron chi connectivity index (χ3n) is 3.10. The highest BCUT2D eigenvalue weighted by atomic mass is 14.6. The third-order valence-corrected chi connectivity index (χ3v) is 3.10. The first-order valence-electron chi connectivity index (χ1n) is 6.06. The van der Waals surface area contributed by atoms with Gasteiger partial charge in [-0.05, 0) is 49.4 Å². The van der Waals surface area contributed by atoms with E-state index in [0.717, 1.165) is 18.5 Å². The molecule has 0 fully saturated rings. The van der Waals surface area contributed by atoms with Crippen molar-refractivity contribution in [1.29, 1.82) is 0 Å². The van der Waals surface area contributed by atoms with E-state index in [2.05, 4.69) is 50.2 Å². The fourth-order valence-electron chi connectivity index (χ4n) is 1.98. The number of rotatable bonds is 3. The molecule has 0 aliphatic heterocycles. The van der Waals surface area contributed by atoms with Gasteiger partial charge < -0.3 is 5.73 Å². The van der Waals surface area contributed by atoms with Crippen LogP contribution in [0.3, 0.4) is 0 Å². The topological polar surface area (TPSA) is 26.0 Å². The molecule has 1 heteroatoms. The van der Waals surface area contributed by atoms with Gasteiger partial charge in [-0.3, -0.25) is 0 Å². The molecule has 2 aromatic rings. The molecule has 2 N–H and O–H groups in total. The van der Waals surface area contributed by atoms with Crippen molar-refractivity contribution >= 4 is 5.69 Å². The van der Waals surface area contributed by atoms with Crippen molar-refractivity contribution in [2.45, 2.75) is 26.7 Å². The molecule has 88 valence electrons. The second-order valence-electron chi connectivity index (χ2n) is 4.69. The SMILES string of the molecule is Cc1ccc(CCc2ccc(C)cc2N)cc1. The zero-order valence-electron chi connectivity index (χ0n) is 10.5. The molecule has 0 saturated heterocycles. The van der Waals surface area contributed by atoms with E-state index in [1.807, 2.05) is 6.07 Å². The maximum Gasteiger partial charge on any atom is 0.0349 e. The van der Waals surface area contributed by atoms with Crippen molar-refractivity contribution in [2.24, 2.45) is 0 Å². The van der Waals surface area contributed by atoms with E-state index >= 15 is 0 Å². The summed E-state index contributed by atoms with van der Waals surface area (Å²) in [5, 5.41) is 0. The maximum atomic E-state index is 6.01. The molecular formula is C16H19N. The van der Waals surface area contributed by atoms with Crippen molar-refractivity contribution in [3.63, 3.8) is 0 Å². The van der Waals surface area contributed by atoms with Crippen molar-refractivity contribution in [3.05, 3.63) is 64.7 Å². The smallest absolute Gasteiger partial charge is 0.0349 e. The Morgan fingerprint density at radius 1 is 0.824 bits per heavy atom. The lowest BCUT2D eigenvalue weighted by atomic mass is 10.0. The zero-order valence-corrected chi connectivity index (χ0v) is 10.5. The van der Waals surface area contributed by atoms with Crippen LogP contribution in [0.2, 0.25) is 0 Å². The van der Waals surface area contributed by atoms with Gasteiger partial charge in [-0.25, -0.2) is 0 Å². The highest BCUT2D eigenvalue weighted by molar-refractivity contribution is 5.49. The molecule has 0 bridgehead atoms. The predicted molar refractivity (Wildman–Crippen MR) is 74.2 cm³/mol. The molecule has 0 aliphatic rings.